The van der Waals surface area contributed by atoms with E-state index in [4.69, 9.17) is 24.7 Å². The minimum Gasteiger partial charge on any atom is -0.467 e. The van der Waals surface area contributed by atoms with Gasteiger partial charge in [-0.05, 0) is 6.42 Å². The highest BCUT2D eigenvalue weighted by Gasteiger charge is 2.51. The number of hydrogen-bond donors (Lipinski definition) is 2. The molecular formula is C20H26N2O11. The van der Waals surface area contributed by atoms with E-state index in [9.17, 15) is 29.1 Å². The highest BCUT2D eigenvalue weighted by atomic mass is 16.7. The molecule has 13 heteroatoms. The predicted molar refractivity (Wildman–Crippen MR) is 106 cm³/mol. The summed E-state index contributed by atoms with van der Waals surface area (Å²) in [5.74, 6) is -4.01. The summed E-state index contributed by atoms with van der Waals surface area (Å²) in [5.41, 5.74) is 5.60. The second kappa shape index (κ2) is 11.4. The first-order valence-corrected chi connectivity index (χ1v) is 9.89. The minimum atomic E-state index is -1.71. The molecule has 2 aliphatic heterocycles. The topological polar surface area (TPSA) is 181 Å². The van der Waals surface area contributed by atoms with E-state index >= 15 is 0 Å². The molecule has 0 radical (unpaired) electrons. The van der Waals surface area contributed by atoms with Crippen LogP contribution in [-0.2, 0) is 47.7 Å². The Morgan fingerprint density at radius 2 is 1.82 bits per heavy atom. The van der Waals surface area contributed by atoms with Crippen molar-refractivity contribution in [3.63, 3.8) is 0 Å². The smallest absolute Gasteiger partial charge is 0.335 e. The lowest BCUT2D eigenvalue weighted by Crippen LogP contribution is -2.45. The third kappa shape index (κ3) is 7.02. The van der Waals surface area contributed by atoms with Crippen LogP contribution in [0, 0.1) is 0 Å². The quantitative estimate of drug-likeness (QED) is 0.298. The van der Waals surface area contributed by atoms with Crippen LogP contribution in [0.25, 0.3) is 0 Å². The molecule has 1 fully saturated rings. The van der Waals surface area contributed by atoms with Crippen molar-refractivity contribution >= 4 is 29.8 Å². The Hall–Kier alpha value is -3.45. The van der Waals surface area contributed by atoms with Gasteiger partial charge >= 0.3 is 23.9 Å². The van der Waals surface area contributed by atoms with Gasteiger partial charge in [-0.25, -0.2) is 4.79 Å². The van der Waals surface area contributed by atoms with Gasteiger partial charge in [-0.15, -0.1) is 0 Å². The number of allylic oxidation sites excluding steroid dienone is 1. The molecule has 13 nitrogen and oxygen atoms in total. The van der Waals surface area contributed by atoms with Crippen LogP contribution in [0.2, 0.25) is 0 Å². The average molecular weight is 470 g/mol. The summed E-state index contributed by atoms with van der Waals surface area (Å²) in [7, 11) is 1.05. The number of carbonyl (C=O) groups is 5. The summed E-state index contributed by atoms with van der Waals surface area (Å²) in [6.07, 6.45) is -1.93. The van der Waals surface area contributed by atoms with Crippen molar-refractivity contribution in [1.29, 1.82) is 0 Å². The van der Waals surface area contributed by atoms with E-state index in [1.807, 2.05) is 0 Å². The SMILES string of the molecule is COC(=O)[C@@H](O)CC(=O)OC[C@H]1O[C@@H](N2C=CCC(C(N)=O)=C2)[C@H](OC(C)=O)[C@@H]1OC(C)=O. The molecule has 0 unspecified atom stereocenters. The third-order valence-corrected chi connectivity index (χ3v) is 4.66. The molecule has 2 aliphatic rings. The number of primary amides is 1. The molecule has 5 atom stereocenters. The number of amides is 1. The maximum atomic E-state index is 12.0. The molecule has 0 aromatic heterocycles. The number of nitrogens with zero attached hydrogens (tertiary/aromatic N) is 1. The summed E-state index contributed by atoms with van der Waals surface area (Å²) in [6, 6.07) is 0. The molecule has 33 heavy (non-hydrogen) atoms. The van der Waals surface area contributed by atoms with Crippen LogP contribution >= 0.6 is 0 Å². The van der Waals surface area contributed by atoms with Crippen molar-refractivity contribution in [3.05, 3.63) is 24.0 Å². The fourth-order valence-electron chi connectivity index (χ4n) is 3.24. The van der Waals surface area contributed by atoms with E-state index in [1.54, 1.807) is 12.3 Å². The normalized spacial score (nSPS) is 25.0. The van der Waals surface area contributed by atoms with Crippen LogP contribution < -0.4 is 5.73 Å². The Morgan fingerprint density at radius 3 is 2.39 bits per heavy atom. The lowest BCUT2D eigenvalue weighted by molar-refractivity contribution is -0.167. The molecule has 0 aromatic rings. The van der Waals surface area contributed by atoms with Gasteiger partial charge in [0.25, 0.3) is 0 Å². The van der Waals surface area contributed by atoms with E-state index in [0.29, 0.717) is 0 Å². The molecule has 182 valence electrons. The zero-order valence-electron chi connectivity index (χ0n) is 18.3. The summed E-state index contributed by atoms with van der Waals surface area (Å²) in [6.45, 7) is 1.84. The molecule has 2 heterocycles. The average Bonchev–Trinajstić information content (AvgIpc) is 3.07. The number of methoxy groups -OCH3 is 1. The molecule has 1 saturated heterocycles. The Kier molecular flexibility index (Phi) is 8.94. The second-order valence-electron chi connectivity index (χ2n) is 7.19. The van der Waals surface area contributed by atoms with Gasteiger partial charge in [-0.3, -0.25) is 19.2 Å². The molecule has 0 aromatic carbocycles. The molecule has 2 rings (SSSR count). The zero-order chi connectivity index (χ0) is 24.7. The Bertz CT molecular complexity index is 853. The summed E-state index contributed by atoms with van der Waals surface area (Å²) in [5, 5.41) is 9.58. The molecule has 0 bridgehead atoms. The van der Waals surface area contributed by atoms with Gasteiger partial charge in [0.05, 0.1) is 13.5 Å². The van der Waals surface area contributed by atoms with Gasteiger partial charge < -0.3 is 39.4 Å². The minimum absolute atomic E-state index is 0.262. The molecule has 3 N–H and O–H groups in total. The molecule has 0 aliphatic carbocycles. The Labute approximate surface area is 189 Å². The molecule has 0 saturated carbocycles. The first kappa shape index (κ1) is 25.8. The van der Waals surface area contributed by atoms with E-state index in [-0.39, 0.29) is 12.0 Å². The first-order chi connectivity index (χ1) is 15.5. The molecule has 1 amide bonds. The van der Waals surface area contributed by atoms with Crippen molar-refractivity contribution in [2.24, 2.45) is 5.73 Å². The van der Waals surface area contributed by atoms with Crippen molar-refractivity contribution in [3.8, 4) is 0 Å². The van der Waals surface area contributed by atoms with E-state index in [2.05, 4.69) is 4.74 Å². The maximum Gasteiger partial charge on any atom is 0.335 e. The van der Waals surface area contributed by atoms with Crippen molar-refractivity contribution < 1.29 is 52.8 Å². The number of carbonyl (C=O) groups excluding carboxylic acids is 5. The summed E-state index contributed by atoms with van der Waals surface area (Å²) >= 11 is 0. The fraction of sp³-hybridized carbons (Fsp3) is 0.550. The van der Waals surface area contributed by atoms with Gasteiger partial charge in [-0.2, -0.15) is 0 Å². The standard InChI is InChI=1S/C20H26N2O11/c1-10(23)31-16-14(9-30-15(26)7-13(25)20(28)29-3)33-19(17(16)32-11(2)24)22-6-4-5-12(8-22)18(21)27/h4,6,8,13-14,16-17,19,25H,5,7,9H2,1-3H3,(H2,21,27)/t13-,14+,16+,17+,19+/m0/s1. The van der Waals surface area contributed by atoms with Gasteiger partial charge in [0.2, 0.25) is 5.91 Å². The van der Waals surface area contributed by atoms with E-state index < -0.39 is 73.5 Å². The van der Waals surface area contributed by atoms with Gasteiger partial charge in [0.15, 0.2) is 24.5 Å². The van der Waals surface area contributed by atoms with Gasteiger partial charge in [0.1, 0.15) is 12.7 Å². The number of hydrogen-bond acceptors (Lipinski definition) is 12. The third-order valence-electron chi connectivity index (χ3n) is 4.66. The molecule has 0 spiro atoms. The largest absolute Gasteiger partial charge is 0.467 e. The zero-order valence-corrected chi connectivity index (χ0v) is 18.3. The second-order valence-corrected chi connectivity index (χ2v) is 7.19. The number of esters is 4. The van der Waals surface area contributed by atoms with Crippen LogP contribution in [-0.4, -0.2) is 84.2 Å². The highest BCUT2D eigenvalue weighted by molar-refractivity contribution is 5.92. The van der Waals surface area contributed by atoms with Crippen LogP contribution in [0.5, 0.6) is 0 Å². The van der Waals surface area contributed by atoms with Crippen molar-refractivity contribution in [2.45, 2.75) is 57.3 Å². The number of rotatable bonds is 9. The van der Waals surface area contributed by atoms with E-state index in [1.165, 1.54) is 11.1 Å². The fourth-order valence-corrected chi connectivity index (χ4v) is 3.24. The van der Waals surface area contributed by atoms with Crippen LogP contribution in [0.1, 0.15) is 26.7 Å². The summed E-state index contributed by atoms with van der Waals surface area (Å²) < 4.78 is 25.9. The Morgan fingerprint density at radius 1 is 1.18 bits per heavy atom. The van der Waals surface area contributed by atoms with Crippen molar-refractivity contribution in [1.82, 2.24) is 4.90 Å². The summed E-state index contributed by atoms with van der Waals surface area (Å²) in [4.78, 5) is 59.7. The highest BCUT2D eigenvalue weighted by Crippen LogP contribution is 2.32. The number of ether oxygens (including phenoxy) is 5. The van der Waals surface area contributed by atoms with Crippen LogP contribution in [0.3, 0.4) is 0 Å². The predicted octanol–water partition coefficient (Wildman–Crippen LogP) is -1.37. The van der Waals surface area contributed by atoms with Crippen LogP contribution in [0.15, 0.2) is 24.0 Å². The van der Waals surface area contributed by atoms with E-state index in [0.717, 1.165) is 21.0 Å². The number of nitrogens with two attached hydrogens (primary N) is 1. The van der Waals surface area contributed by atoms with Crippen LogP contribution in [0.4, 0.5) is 0 Å². The van der Waals surface area contributed by atoms with Gasteiger partial charge in [-0.1, -0.05) is 6.08 Å². The number of aliphatic hydroxyl groups is 1. The lowest BCUT2D eigenvalue weighted by Gasteiger charge is -2.30. The Balaban J connectivity index is 2.21. The first-order valence-electron chi connectivity index (χ1n) is 9.89. The maximum absolute atomic E-state index is 12.0. The van der Waals surface area contributed by atoms with Gasteiger partial charge in [0, 0.05) is 31.8 Å². The number of aliphatic hydroxyl groups excluding tert-OH is 1. The lowest BCUT2D eigenvalue weighted by atomic mass is 10.1. The molecular weight excluding hydrogens is 444 g/mol. The monoisotopic (exact) mass is 470 g/mol. The van der Waals surface area contributed by atoms with Crippen molar-refractivity contribution in [2.75, 3.05) is 13.7 Å².